The van der Waals surface area contributed by atoms with Crippen molar-refractivity contribution in [2.75, 3.05) is 25.0 Å². The Morgan fingerprint density at radius 1 is 1.15 bits per heavy atom. The summed E-state index contributed by atoms with van der Waals surface area (Å²) >= 11 is 0. The average Bonchev–Trinajstić information content (AvgIpc) is 3.10. The van der Waals surface area contributed by atoms with E-state index in [2.05, 4.69) is 25.4 Å². The Morgan fingerprint density at radius 2 is 2.00 bits per heavy atom. The topological polar surface area (TPSA) is 79.1 Å². The Labute approximate surface area is 158 Å². The van der Waals surface area contributed by atoms with Crippen LogP contribution in [0.3, 0.4) is 0 Å². The number of benzene rings is 1. The highest BCUT2D eigenvalue weighted by molar-refractivity contribution is 5.68. The number of anilines is 1. The maximum absolute atomic E-state index is 10.4. The highest BCUT2D eigenvalue weighted by Crippen LogP contribution is 2.29. The number of phenolic OH excluding ortho intramolecular Hbond substituents is 1. The standard InChI is InChI=1S/C20H24N6O/c1-25(15-5-4-9-21-10-8-15)20-22-14-18(23-24-20)17-7-6-16(13-19(17)27)26-11-2-3-12-26/h2-3,6-7,11-15,21,27H,4-5,8-10H2,1H3/t15-/m0/s1. The Kier molecular flexibility index (Phi) is 5.02. The maximum Gasteiger partial charge on any atom is 0.245 e. The van der Waals surface area contributed by atoms with Crippen molar-refractivity contribution in [3.63, 3.8) is 0 Å². The molecule has 2 N–H and O–H groups in total. The molecule has 7 nitrogen and oxygen atoms in total. The van der Waals surface area contributed by atoms with Gasteiger partial charge in [0.2, 0.25) is 5.95 Å². The van der Waals surface area contributed by atoms with Crippen LogP contribution in [-0.2, 0) is 0 Å². The van der Waals surface area contributed by atoms with Gasteiger partial charge in [0.15, 0.2) is 0 Å². The van der Waals surface area contributed by atoms with E-state index in [-0.39, 0.29) is 5.75 Å². The van der Waals surface area contributed by atoms with E-state index in [1.807, 2.05) is 48.3 Å². The van der Waals surface area contributed by atoms with Crippen molar-refractivity contribution >= 4 is 5.95 Å². The van der Waals surface area contributed by atoms with Crippen LogP contribution in [0.4, 0.5) is 5.95 Å². The van der Waals surface area contributed by atoms with Gasteiger partial charge in [0, 0.05) is 42.8 Å². The normalized spacial score (nSPS) is 17.4. The van der Waals surface area contributed by atoms with E-state index in [4.69, 9.17) is 0 Å². The predicted octanol–water partition coefficient (Wildman–Crippen LogP) is 2.61. The maximum atomic E-state index is 10.4. The summed E-state index contributed by atoms with van der Waals surface area (Å²) in [4.78, 5) is 6.60. The van der Waals surface area contributed by atoms with Crippen molar-refractivity contribution < 1.29 is 5.11 Å². The summed E-state index contributed by atoms with van der Waals surface area (Å²) in [6.45, 7) is 2.09. The summed E-state index contributed by atoms with van der Waals surface area (Å²) < 4.78 is 1.94. The number of aromatic hydroxyl groups is 1. The minimum Gasteiger partial charge on any atom is -0.507 e. The monoisotopic (exact) mass is 364 g/mol. The van der Waals surface area contributed by atoms with E-state index in [9.17, 15) is 5.11 Å². The van der Waals surface area contributed by atoms with Gasteiger partial charge < -0.3 is 19.9 Å². The van der Waals surface area contributed by atoms with Crippen LogP contribution in [0.5, 0.6) is 5.75 Å². The second-order valence-corrected chi connectivity index (χ2v) is 6.88. The van der Waals surface area contributed by atoms with Crippen LogP contribution in [-0.4, -0.2) is 51.0 Å². The molecule has 3 heterocycles. The lowest BCUT2D eigenvalue weighted by Crippen LogP contribution is -2.33. The molecule has 1 saturated heterocycles. The number of rotatable bonds is 4. The van der Waals surface area contributed by atoms with Crippen LogP contribution in [0.15, 0.2) is 48.9 Å². The molecule has 1 aromatic carbocycles. The number of phenols is 1. The van der Waals surface area contributed by atoms with Gasteiger partial charge in [-0.3, -0.25) is 0 Å². The Hall–Kier alpha value is -2.93. The zero-order valence-electron chi connectivity index (χ0n) is 15.4. The fourth-order valence-electron chi connectivity index (χ4n) is 3.51. The smallest absolute Gasteiger partial charge is 0.245 e. The predicted molar refractivity (Wildman–Crippen MR) is 105 cm³/mol. The first-order valence-electron chi connectivity index (χ1n) is 9.32. The molecular formula is C20H24N6O. The van der Waals surface area contributed by atoms with Gasteiger partial charge in [0.1, 0.15) is 11.4 Å². The first kappa shape index (κ1) is 17.5. The van der Waals surface area contributed by atoms with E-state index in [0.29, 0.717) is 23.2 Å². The van der Waals surface area contributed by atoms with E-state index in [1.165, 1.54) is 0 Å². The molecule has 7 heteroatoms. The first-order chi connectivity index (χ1) is 13.2. The highest BCUT2D eigenvalue weighted by atomic mass is 16.3. The molecule has 4 rings (SSSR count). The SMILES string of the molecule is CN(c1ncc(-c2ccc(-n3cccc3)cc2O)nn1)[C@H]1CCCNCC1. The van der Waals surface area contributed by atoms with Gasteiger partial charge in [-0.2, -0.15) is 0 Å². The van der Waals surface area contributed by atoms with Gasteiger partial charge >= 0.3 is 0 Å². The summed E-state index contributed by atoms with van der Waals surface area (Å²) in [6.07, 6.45) is 8.90. The molecule has 0 spiro atoms. The lowest BCUT2D eigenvalue weighted by molar-refractivity contribution is 0.476. The summed E-state index contributed by atoms with van der Waals surface area (Å²) in [6, 6.07) is 9.81. The summed E-state index contributed by atoms with van der Waals surface area (Å²) in [5.41, 5.74) is 2.07. The van der Waals surface area contributed by atoms with Crippen molar-refractivity contribution in [1.82, 2.24) is 25.1 Å². The molecule has 0 amide bonds. The van der Waals surface area contributed by atoms with Gasteiger partial charge in [-0.25, -0.2) is 4.98 Å². The van der Waals surface area contributed by atoms with Crippen molar-refractivity contribution in [3.05, 3.63) is 48.9 Å². The fraction of sp³-hybridized carbons (Fsp3) is 0.350. The van der Waals surface area contributed by atoms with Crippen molar-refractivity contribution in [1.29, 1.82) is 0 Å². The summed E-state index contributed by atoms with van der Waals surface area (Å²) in [7, 11) is 2.02. The highest BCUT2D eigenvalue weighted by Gasteiger charge is 2.19. The summed E-state index contributed by atoms with van der Waals surface area (Å²) in [5.74, 6) is 0.780. The van der Waals surface area contributed by atoms with E-state index in [0.717, 1.165) is 38.0 Å². The third-order valence-corrected chi connectivity index (χ3v) is 5.12. The van der Waals surface area contributed by atoms with Crippen LogP contribution in [0.2, 0.25) is 0 Å². The summed E-state index contributed by atoms with van der Waals surface area (Å²) in [5, 5.41) is 22.5. The molecule has 1 fully saturated rings. The molecule has 1 aliphatic heterocycles. The Morgan fingerprint density at radius 3 is 2.74 bits per heavy atom. The lowest BCUT2D eigenvalue weighted by Gasteiger charge is -2.26. The van der Waals surface area contributed by atoms with Crippen molar-refractivity contribution in [2.45, 2.75) is 25.3 Å². The minimum atomic E-state index is 0.160. The molecule has 3 aromatic rings. The molecule has 0 aliphatic carbocycles. The third-order valence-electron chi connectivity index (χ3n) is 5.12. The van der Waals surface area contributed by atoms with Crippen LogP contribution < -0.4 is 10.2 Å². The van der Waals surface area contributed by atoms with E-state index in [1.54, 1.807) is 12.3 Å². The van der Waals surface area contributed by atoms with Crippen LogP contribution >= 0.6 is 0 Å². The molecule has 1 atom stereocenters. The first-order valence-corrected chi connectivity index (χ1v) is 9.32. The quantitative estimate of drug-likeness (QED) is 0.741. The second kappa shape index (κ2) is 7.75. The number of nitrogens with zero attached hydrogens (tertiary/aromatic N) is 5. The molecule has 27 heavy (non-hydrogen) atoms. The lowest BCUT2D eigenvalue weighted by atomic mass is 10.1. The number of hydrogen-bond acceptors (Lipinski definition) is 6. The van der Waals surface area contributed by atoms with Gasteiger partial charge in [-0.05, 0) is 56.6 Å². The van der Waals surface area contributed by atoms with Crippen LogP contribution in [0.1, 0.15) is 19.3 Å². The van der Waals surface area contributed by atoms with Gasteiger partial charge in [0.25, 0.3) is 0 Å². The van der Waals surface area contributed by atoms with Gasteiger partial charge in [-0.1, -0.05) is 0 Å². The molecule has 0 bridgehead atoms. The molecule has 1 aliphatic rings. The van der Waals surface area contributed by atoms with E-state index < -0.39 is 0 Å². The van der Waals surface area contributed by atoms with E-state index >= 15 is 0 Å². The minimum absolute atomic E-state index is 0.160. The fourth-order valence-corrected chi connectivity index (χ4v) is 3.51. The van der Waals surface area contributed by atoms with Gasteiger partial charge in [0.05, 0.1) is 6.20 Å². The third kappa shape index (κ3) is 3.78. The molecule has 0 radical (unpaired) electrons. The van der Waals surface area contributed by atoms with Crippen LogP contribution in [0, 0.1) is 0 Å². The molecule has 0 saturated carbocycles. The zero-order chi connectivity index (χ0) is 18.6. The largest absolute Gasteiger partial charge is 0.507 e. The van der Waals surface area contributed by atoms with Crippen LogP contribution in [0.25, 0.3) is 16.9 Å². The number of nitrogens with one attached hydrogen (secondary N) is 1. The number of hydrogen-bond donors (Lipinski definition) is 2. The molecule has 2 aromatic heterocycles. The Bertz CT molecular complexity index is 870. The zero-order valence-corrected chi connectivity index (χ0v) is 15.4. The molecule has 140 valence electrons. The molecular weight excluding hydrogens is 340 g/mol. The second-order valence-electron chi connectivity index (χ2n) is 6.88. The average molecular weight is 364 g/mol. The number of aromatic nitrogens is 4. The van der Waals surface area contributed by atoms with Crippen molar-refractivity contribution in [2.24, 2.45) is 0 Å². The molecule has 0 unspecified atom stereocenters. The van der Waals surface area contributed by atoms with Crippen molar-refractivity contribution in [3.8, 4) is 22.7 Å². The Balaban J connectivity index is 1.53. The van der Waals surface area contributed by atoms with Gasteiger partial charge in [-0.15, -0.1) is 10.2 Å².